The summed E-state index contributed by atoms with van der Waals surface area (Å²) in [5.41, 5.74) is 6.64. The van der Waals surface area contributed by atoms with Crippen molar-refractivity contribution in [1.82, 2.24) is 5.32 Å². The van der Waals surface area contributed by atoms with E-state index in [4.69, 9.17) is 5.73 Å². The van der Waals surface area contributed by atoms with Crippen LogP contribution in [0.15, 0.2) is 0 Å². The van der Waals surface area contributed by atoms with Crippen LogP contribution in [-0.2, 0) is 0 Å². The molecule has 0 spiro atoms. The number of hydrogen-bond acceptors (Lipinski definition) is 2. The van der Waals surface area contributed by atoms with E-state index < -0.39 is 0 Å². The van der Waals surface area contributed by atoms with Crippen molar-refractivity contribution in [2.45, 2.75) is 71.5 Å². The Bertz CT molecular complexity index is 294. The molecule has 1 aliphatic carbocycles. The quantitative estimate of drug-likeness (QED) is 0.776. The van der Waals surface area contributed by atoms with Crippen LogP contribution in [0, 0.1) is 23.7 Å². The maximum Gasteiger partial charge on any atom is 0.0226 e. The van der Waals surface area contributed by atoms with Gasteiger partial charge in [0.25, 0.3) is 0 Å². The Morgan fingerprint density at radius 1 is 1.18 bits per heavy atom. The molecule has 1 saturated heterocycles. The molecule has 0 aromatic heterocycles. The third-order valence-corrected chi connectivity index (χ3v) is 5.94. The Labute approximate surface area is 107 Å². The van der Waals surface area contributed by atoms with Gasteiger partial charge in [-0.3, -0.25) is 0 Å². The smallest absolute Gasteiger partial charge is 0.0226 e. The molecule has 1 aliphatic heterocycles. The molecule has 0 aromatic carbocycles. The SMILES string of the molecule is C[C@H]1CC(C(C)(C)N)CC1C1(C)N[C@H](C)[C@@H]1C. The van der Waals surface area contributed by atoms with Gasteiger partial charge in [-0.05, 0) is 64.2 Å². The van der Waals surface area contributed by atoms with E-state index in [0.717, 1.165) is 17.8 Å². The molecule has 1 heterocycles. The molecule has 100 valence electrons. The summed E-state index contributed by atoms with van der Waals surface area (Å²) in [4.78, 5) is 0. The van der Waals surface area contributed by atoms with Crippen molar-refractivity contribution >= 4 is 0 Å². The number of nitrogens with two attached hydrogens (primary N) is 1. The second-order valence-corrected chi connectivity index (χ2v) is 7.58. The standard InChI is InChI=1S/C15H30N2/c1-9-7-12(14(4,5)16)8-13(9)15(6)10(2)11(3)17-15/h9-13,17H,7-8,16H2,1-6H3/t9-,10-,11+,12?,13?,15?/m0/s1. The minimum Gasteiger partial charge on any atom is -0.325 e. The third-order valence-electron chi connectivity index (χ3n) is 5.94. The Morgan fingerprint density at radius 3 is 2.12 bits per heavy atom. The summed E-state index contributed by atoms with van der Waals surface area (Å²) >= 11 is 0. The fraction of sp³-hybridized carbons (Fsp3) is 1.00. The van der Waals surface area contributed by atoms with Crippen molar-refractivity contribution in [3.63, 3.8) is 0 Å². The minimum absolute atomic E-state index is 0.0159. The summed E-state index contributed by atoms with van der Waals surface area (Å²) in [6.07, 6.45) is 2.60. The molecule has 0 bridgehead atoms. The Kier molecular flexibility index (Phi) is 3.11. The van der Waals surface area contributed by atoms with Gasteiger partial charge in [-0.15, -0.1) is 0 Å². The maximum atomic E-state index is 6.31. The highest BCUT2D eigenvalue weighted by molar-refractivity contribution is 5.11. The Hall–Kier alpha value is -0.0800. The van der Waals surface area contributed by atoms with E-state index in [2.05, 4.69) is 46.9 Å². The topological polar surface area (TPSA) is 38.0 Å². The first-order valence-electron chi connectivity index (χ1n) is 7.23. The van der Waals surface area contributed by atoms with Crippen molar-refractivity contribution in [1.29, 1.82) is 0 Å². The highest BCUT2D eigenvalue weighted by Gasteiger charge is 2.54. The van der Waals surface area contributed by atoms with E-state index in [1.165, 1.54) is 12.8 Å². The van der Waals surface area contributed by atoms with Crippen molar-refractivity contribution in [3.8, 4) is 0 Å². The molecule has 2 aliphatic rings. The van der Waals surface area contributed by atoms with E-state index >= 15 is 0 Å². The average Bonchev–Trinajstić information content (AvgIpc) is 2.59. The van der Waals surface area contributed by atoms with Crippen LogP contribution in [0.2, 0.25) is 0 Å². The van der Waals surface area contributed by atoms with Crippen LogP contribution in [0.25, 0.3) is 0 Å². The third kappa shape index (κ3) is 2.04. The van der Waals surface area contributed by atoms with Crippen LogP contribution in [0.4, 0.5) is 0 Å². The normalized spacial score (nSPS) is 51.4. The first-order valence-corrected chi connectivity index (χ1v) is 7.23. The summed E-state index contributed by atoms with van der Waals surface area (Å²) in [7, 11) is 0. The van der Waals surface area contributed by atoms with Gasteiger partial charge < -0.3 is 11.1 Å². The Morgan fingerprint density at radius 2 is 1.76 bits per heavy atom. The number of nitrogens with one attached hydrogen (secondary N) is 1. The molecular weight excluding hydrogens is 208 g/mol. The molecule has 2 rings (SSSR count). The molecular formula is C15H30N2. The van der Waals surface area contributed by atoms with Crippen LogP contribution < -0.4 is 11.1 Å². The fourth-order valence-corrected chi connectivity index (χ4v) is 4.31. The molecule has 17 heavy (non-hydrogen) atoms. The highest BCUT2D eigenvalue weighted by Crippen LogP contribution is 2.51. The Balaban J connectivity index is 2.09. The molecule has 3 N–H and O–H groups in total. The molecule has 0 aromatic rings. The highest BCUT2D eigenvalue weighted by atomic mass is 15.1. The van der Waals surface area contributed by atoms with Gasteiger partial charge in [0, 0.05) is 17.1 Å². The predicted molar refractivity (Wildman–Crippen MR) is 73.8 cm³/mol. The van der Waals surface area contributed by atoms with Crippen LogP contribution in [0.5, 0.6) is 0 Å². The van der Waals surface area contributed by atoms with Crippen molar-refractivity contribution < 1.29 is 0 Å². The summed E-state index contributed by atoms with van der Waals surface area (Å²) in [6, 6.07) is 0.678. The average molecular weight is 238 g/mol. The zero-order valence-corrected chi connectivity index (χ0v) is 12.4. The van der Waals surface area contributed by atoms with Gasteiger partial charge in [0.05, 0.1) is 0 Å². The molecule has 1 saturated carbocycles. The predicted octanol–water partition coefficient (Wildman–Crippen LogP) is 2.77. The van der Waals surface area contributed by atoms with E-state index in [1.54, 1.807) is 0 Å². The molecule has 0 amide bonds. The van der Waals surface area contributed by atoms with Crippen molar-refractivity contribution in [2.24, 2.45) is 29.4 Å². The first kappa shape index (κ1) is 13.4. The summed E-state index contributed by atoms with van der Waals surface area (Å²) in [5.74, 6) is 3.07. The molecule has 2 heteroatoms. The van der Waals surface area contributed by atoms with Gasteiger partial charge in [0.2, 0.25) is 0 Å². The van der Waals surface area contributed by atoms with Gasteiger partial charge in [-0.25, -0.2) is 0 Å². The second-order valence-electron chi connectivity index (χ2n) is 7.58. The van der Waals surface area contributed by atoms with E-state index in [1.807, 2.05) is 0 Å². The van der Waals surface area contributed by atoms with Crippen molar-refractivity contribution in [2.75, 3.05) is 0 Å². The van der Waals surface area contributed by atoms with Crippen molar-refractivity contribution in [3.05, 3.63) is 0 Å². The van der Waals surface area contributed by atoms with E-state index in [9.17, 15) is 0 Å². The zero-order valence-electron chi connectivity index (χ0n) is 12.4. The van der Waals surface area contributed by atoms with Crippen LogP contribution in [0.3, 0.4) is 0 Å². The molecule has 2 fully saturated rings. The van der Waals surface area contributed by atoms with Crippen LogP contribution >= 0.6 is 0 Å². The monoisotopic (exact) mass is 238 g/mol. The first-order chi connectivity index (χ1) is 7.66. The summed E-state index contributed by atoms with van der Waals surface area (Å²) < 4.78 is 0. The lowest BCUT2D eigenvalue weighted by Crippen LogP contribution is -2.71. The lowest BCUT2D eigenvalue weighted by atomic mass is 9.63. The number of hydrogen-bond donors (Lipinski definition) is 2. The van der Waals surface area contributed by atoms with Gasteiger partial charge in [-0.1, -0.05) is 13.8 Å². The van der Waals surface area contributed by atoms with Gasteiger partial charge in [0.1, 0.15) is 0 Å². The molecule has 3 unspecified atom stereocenters. The molecule has 2 nitrogen and oxygen atoms in total. The molecule has 6 atom stereocenters. The lowest BCUT2D eigenvalue weighted by molar-refractivity contribution is 0.00290. The zero-order chi connectivity index (χ0) is 13.0. The minimum atomic E-state index is -0.0159. The van der Waals surface area contributed by atoms with Gasteiger partial charge >= 0.3 is 0 Å². The van der Waals surface area contributed by atoms with Crippen LogP contribution in [-0.4, -0.2) is 17.1 Å². The lowest BCUT2D eigenvalue weighted by Gasteiger charge is -2.57. The fourth-order valence-electron chi connectivity index (χ4n) is 4.31. The van der Waals surface area contributed by atoms with E-state index in [0.29, 0.717) is 17.5 Å². The maximum absolute atomic E-state index is 6.31. The summed E-state index contributed by atoms with van der Waals surface area (Å²) in [6.45, 7) is 13.9. The second kappa shape index (κ2) is 3.96. The van der Waals surface area contributed by atoms with Crippen LogP contribution in [0.1, 0.15) is 54.4 Å². The number of rotatable bonds is 2. The van der Waals surface area contributed by atoms with Gasteiger partial charge in [0.15, 0.2) is 0 Å². The largest absolute Gasteiger partial charge is 0.325 e. The summed E-state index contributed by atoms with van der Waals surface area (Å²) in [5, 5.41) is 3.77. The van der Waals surface area contributed by atoms with Gasteiger partial charge in [-0.2, -0.15) is 0 Å². The molecule has 0 radical (unpaired) electrons. The van der Waals surface area contributed by atoms with E-state index in [-0.39, 0.29) is 5.54 Å².